The third-order valence-electron chi connectivity index (χ3n) is 4.86. The minimum absolute atomic E-state index is 0.0350. The van der Waals surface area contributed by atoms with Crippen molar-refractivity contribution in [2.45, 2.75) is 25.7 Å². The average molecular weight is 449 g/mol. The van der Waals surface area contributed by atoms with E-state index in [0.717, 1.165) is 11.3 Å². The highest BCUT2D eigenvalue weighted by Crippen LogP contribution is 2.29. The van der Waals surface area contributed by atoms with Crippen molar-refractivity contribution < 1.29 is 17.9 Å². The molecule has 0 unspecified atom stereocenters. The maximum Gasteiger partial charge on any atom is 0.243 e. The molecule has 0 aliphatic carbocycles. The van der Waals surface area contributed by atoms with Crippen molar-refractivity contribution in [3.05, 3.63) is 42.0 Å². The Labute approximate surface area is 185 Å². The van der Waals surface area contributed by atoms with E-state index in [-0.39, 0.29) is 17.3 Å². The molecule has 0 heterocycles. The third-order valence-corrected chi connectivity index (χ3v) is 6.91. The van der Waals surface area contributed by atoms with Crippen LogP contribution in [0.5, 0.6) is 5.75 Å². The Balaban J connectivity index is 2.25. The topological polar surface area (TPSA) is 91.0 Å². The molecule has 2 N–H and O–H groups in total. The van der Waals surface area contributed by atoms with Crippen molar-refractivity contribution >= 4 is 33.0 Å². The number of hydrogen-bond acceptors (Lipinski definition) is 6. The molecule has 170 valence electrons. The van der Waals surface area contributed by atoms with Crippen LogP contribution < -0.4 is 20.3 Å². The smallest absolute Gasteiger partial charge is 0.243 e. The first-order chi connectivity index (χ1) is 14.6. The number of aryl methyl sites for hydroxylation is 1. The predicted molar refractivity (Wildman–Crippen MR) is 126 cm³/mol. The number of benzene rings is 2. The number of ether oxygens (including phenoxy) is 1. The summed E-state index contributed by atoms with van der Waals surface area (Å²) in [6, 6.07) is 10.4. The zero-order valence-electron chi connectivity index (χ0n) is 19.0. The lowest BCUT2D eigenvalue weighted by Gasteiger charge is -2.22. The van der Waals surface area contributed by atoms with Crippen LogP contribution in [0.4, 0.5) is 17.1 Å². The molecule has 0 aromatic heterocycles. The molecule has 2 aromatic carbocycles. The van der Waals surface area contributed by atoms with Crippen LogP contribution >= 0.6 is 0 Å². The quantitative estimate of drug-likeness (QED) is 0.580. The van der Waals surface area contributed by atoms with Crippen molar-refractivity contribution in [1.82, 2.24) is 4.31 Å². The van der Waals surface area contributed by atoms with Crippen LogP contribution in [-0.4, -0.2) is 59.5 Å². The summed E-state index contributed by atoms with van der Waals surface area (Å²) in [6.07, 6.45) is 0. The Kier molecular flexibility index (Phi) is 8.29. The van der Waals surface area contributed by atoms with Gasteiger partial charge in [0.05, 0.1) is 35.6 Å². The summed E-state index contributed by atoms with van der Waals surface area (Å²) in [5.41, 5.74) is 2.91. The van der Waals surface area contributed by atoms with Crippen molar-refractivity contribution in [3.8, 4) is 5.75 Å². The average Bonchev–Trinajstić information content (AvgIpc) is 2.72. The summed E-state index contributed by atoms with van der Waals surface area (Å²) in [7, 11) is 1.65. The summed E-state index contributed by atoms with van der Waals surface area (Å²) in [5, 5.41) is 5.91. The molecular weight excluding hydrogens is 416 g/mol. The fourth-order valence-corrected chi connectivity index (χ4v) is 4.69. The van der Waals surface area contributed by atoms with E-state index in [1.54, 1.807) is 45.2 Å². The normalized spacial score (nSPS) is 11.3. The van der Waals surface area contributed by atoms with E-state index in [0.29, 0.717) is 30.2 Å². The molecule has 0 fully saturated rings. The van der Waals surface area contributed by atoms with Crippen molar-refractivity contribution in [2.75, 3.05) is 56.4 Å². The standard InChI is InChI=1S/C22H32N4O4S/c1-7-26(8-2)31(28,29)17-10-11-20(25(4)5)18(14-17)23-15-22(27)24-19-13-16(3)9-12-21(19)30-6/h9-14,23H,7-8,15H2,1-6H3,(H,24,27). The number of rotatable bonds is 10. The number of carbonyl (C=O) groups is 1. The van der Waals surface area contributed by atoms with E-state index in [2.05, 4.69) is 10.6 Å². The van der Waals surface area contributed by atoms with E-state index in [4.69, 9.17) is 4.74 Å². The zero-order valence-corrected chi connectivity index (χ0v) is 19.8. The van der Waals surface area contributed by atoms with Gasteiger partial charge in [-0.15, -0.1) is 0 Å². The summed E-state index contributed by atoms with van der Waals surface area (Å²) < 4.78 is 32.5. The maximum absolute atomic E-state index is 12.9. The molecule has 0 radical (unpaired) electrons. The molecule has 2 rings (SSSR count). The van der Waals surface area contributed by atoms with Crippen molar-refractivity contribution in [1.29, 1.82) is 0 Å². The van der Waals surface area contributed by atoms with Crippen LogP contribution in [0.3, 0.4) is 0 Å². The molecular formula is C22H32N4O4S. The second kappa shape index (κ2) is 10.5. The minimum Gasteiger partial charge on any atom is -0.495 e. The SMILES string of the molecule is CCN(CC)S(=O)(=O)c1ccc(N(C)C)c(NCC(=O)Nc2cc(C)ccc2OC)c1. The van der Waals surface area contributed by atoms with Crippen LogP contribution in [0.2, 0.25) is 0 Å². The first-order valence-corrected chi connectivity index (χ1v) is 11.6. The Morgan fingerprint density at radius 1 is 1.03 bits per heavy atom. The van der Waals surface area contributed by atoms with Crippen molar-refractivity contribution in [2.24, 2.45) is 0 Å². The van der Waals surface area contributed by atoms with Gasteiger partial charge < -0.3 is 20.3 Å². The summed E-state index contributed by atoms with van der Waals surface area (Å²) in [5.74, 6) is 0.297. The molecule has 2 aromatic rings. The number of nitrogens with one attached hydrogen (secondary N) is 2. The van der Waals surface area contributed by atoms with E-state index >= 15 is 0 Å². The summed E-state index contributed by atoms with van der Waals surface area (Å²) in [4.78, 5) is 14.6. The van der Waals surface area contributed by atoms with Gasteiger partial charge >= 0.3 is 0 Å². The Morgan fingerprint density at radius 3 is 2.29 bits per heavy atom. The van der Waals surface area contributed by atoms with Gasteiger partial charge in [-0.25, -0.2) is 8.42 Å². The van der Waals surface area contributed by atoms with Crippen molar-refractivity contribution in [3.63, 3.8) is 0 Å². The molecule has 1 amide bonds. The van der Waals surface area contributed by atoms with Crippen LogP contribution in [0.25, 0.3) is 0 Å². The number of amides is 1. The predicted octanol–water partition coefficient (Wildman–Crippen LogP) is 3.15. The second-order valence-electron chi connectivity index (χ2n) is 7.27. The first-order valence-electron chi connectivity index (χ1n) is 10.1. The number of hydrogen-bond donors (Lipinski definition) is 2. The Morgan fingerprint density at radius 2 is 1.71 bits per heavy atom. The number of nitrogens with zero attached hydrogens (tertiary/aromatic N) is 2. The van der Waals surface area contributed by atoms with Gasteiger partial charge in [0.2, 0.25) is 15.9 Å². The van der Waals surface area contributed by atoms with Crippen LogP contribution in [0, 0.1) is 6.92 Å². The fraction of sp³-hybridized carbons (Fsp3) is 0.409. The molecule has 9 heteroatoms. The Bertz CT molecular complexity index is 1020. The van der Waals surface area contributed by atoms with E-state index in [9.17, 15) is 13.2 Å². The van der Waals surface area contributed by atoms with Crippen LogP contribution in [0.1, 0.15) is 19.4 Å². The monoisotopic (exact) mass is 448 g/mol. The van der Waals surface area contributed by atoms with Gasteiger partial charge in [-0.05, 0) is 42.8 Å². The lowest BCUT2D eigenvalue weighted by atomic mass is 10.2. The number of anilines is 3. The maximum atomic E-state index is 12.9. The van der Waals surface area contributed by atoms with E-state index < -0.39 is 10.0 Å². The van der Waals surface area contributed by atoms with Crippen LogP contribution in [-0.2, 0) is 14.8 Å². The van der Waals surface area contributed by atoms with Gasteiger partial charge in [0.25, 0.3) is 0 Å². The molecule has 0 spiro atoms. The lowest BCUT2D eigenvalue weighted by molar-refractivity contribution is -0.114. The highest BCUT2D eigenvalue weighted by molar-refractivity contribution is 7.89. The molecule has 0 saturated carbocycles. The van der Waals surface area contributed by atoms with E-state index in [1.807, 2.05) is 38.1 Å². The van der Waals surface area contributed by atoms with Crippen LogP contribution in [0.15, 0.2) is 41.3 Å². The van der Waals surface area contributed by atoms with Gasteiger partial charge in [-0.3, -0.25) is 4.79 Å². The Hall–Kier alpha value is -2.78. The molecule has 31 heavy (non-hydrogen) atoms. The molecule has 0 bridgehead atoms. The minimum atomic E-state index is -3.61. The summed E-state index contributed by atoms with van der Waals surface area (Å²) >= 11 is 0. The first kappa shape index (κ1) is 24.5. The highest BCUT2D eigenvalue weighted by Gasteiger charge is 2.23. The highest BCUT2D eigenvalue weighted by atomic mass is 32.2. The second-order valence-corrected chi connectivity index (χ2v) is 9.21. The van der Waals surface area contributed by atoms with Gasteiger partial charge in [0, 0.05) is 27.2 Å². The van der Waals surface area contributed by atoms with Gasteiger partial charge in [0.1, 0.15) is 5.75 Å². The molecule has 8 nitrogen and oxygen atoms in total. The van der Waals surface area contributed by atoms with Gasteiger partial charge in [-0.2, -0.15) is 4.31 Å². The molecule has 0 aliphatic heterocycles. The van der Waals surface area contributed by atoms with Gasteiger partial charge in [-0.1, -0.05) is 19.9 Å². The molecule has 0 aliphatic rings. The lowest BCUT2D eigenvalue weighted by Crippen LogP contribution is -2.30. The molecule has 0 saturated heterocycles. The number of methoxy groups -OCH3 is 1. The summed E-state index contributed by atoms with van der Waals surface area (Å²) in [6.45, 7) is 6.28. The zero-order chi connectivity index (χ0) is 23.2. The third kappa shape index (κ3) is 5.89. The fourth-order valence-electron chi connectivity index (χ4n) is 3.21. The number of sulfonamides is 1. The number of carbonyl (C=O) groups excluding carboxylic acids is 1. The molecule has 0 atom stereocenters. The largest absolute Gasteiger partial charge is 0.495 e. The van der Waals surface area contributed by atoms with Gasteiger partial charge in [0.15, 0.2) is 0 Å². The van der Waals surface area contributed by atoms with E-state index in [1.165, 1.54) is 4.31 Å².